The van der Waals surface area contributed by atoms with Gasteiger partial charge < -0.3 is 5.11 Å². The molecule has 1 aromatic carbocycles. The predicted molar refractivity (Wildman–Crippen MR) is 83.6 cm³/mol. The van der Waals surface area contributed by atoms with Crippen LogP contribution in [-0.2, 0) is 11.2 Å². The lowest BCUT2D eigenvalue weighted by atomic mass is 10.0. The van der Waals surface area contributed by atoms with Gasteiger partial charge in [0.1, 0.15) is 0 Å². The van der Waals surface area contributed by atoms with Crippen molar-refractivity contribution in [3.05, 3.63) is 35.0 Å². The molecule has 0 aliphatic carbocycles. The van der Waals surface area contributed by atoms with E-state index in [1.165, 1.54) is 17.3 Å². The maximum atomic E-state index is 10.9. The van der Waals surface area contributed by atoms with Crippen LogP contribution in [-0.4, -0.2) is 21.8 Å². The average Bonchev–Trinajstić information content (AvgIpc) is 2.40. The number of aryl methyl sites for hydroxylation is 2. The Morgan fingerprint density at radius 3 is 2.75 bits per heavy atom. The molecule has 0 amide bonds. The van der Waals surface area contributed by atoms with Crippen molar-refractivity contribution in [3.63, 3.8) is 0 Å². The fourth-order valence-corrected chi connectivity index (χ4v) is 3.41. The van der Waals surface area contributed by atoms with Crippen LogP contribution in [0.3, 0.4) is 0 Å². The molecule has 2 rings (SSSR count). The van der Waals surface area contributed by atoms with E-state index in [9.17, 15) is 4.79 Å². The summed E-state index contributed by atoms with van der Waals surface area (Å²) in [4.78, 5) is 16.7. The molecule has 0 fully saturated rings. The molecule has 4 heteroatoms. The van der Waals surface area contributed by atoms with E-state index >= 15 is 0 Å². The summed E-state index contributed by atoms with van der Waals surface area (Å²) in [6, 6.07) is 6.09. The molecule has 1 N–H and O–H groups in total. The van der Waals surface area contributed by atoms with Gasteiger partial charge in [-0.25, -0.2) is 0 Å². The number of aliphatic carboxylic acids is 1. The largest absolute Gasteiger partial charge is 0.481 e. The van der Waals surface area contributed by atoms with E-state index in [0.717, 1.165) is 39.9 Å². The van der Waals surface area contributed by atoms with Crippen molar-refractivity contribution in [1.29, 1.82) is 0 Å². The zero-order valence-electron chi connectivity index (χ0n) is 12.1. The zero-order valence-corrected chi connectivity index (χ0v) is 12.9. The molecule has 0 aliphatic rings. The second-order valence-corrected chi connectivity index (χ2v) is 5.89. The Kier molecular flexibility index (Phi) is 4.65. The monoisotopic (exact) mass is 289 g/mol. The lowest BCUT2D eigenvalue weighted by molar-refractivity contribution is -0.133. The maximum absolute atomic E-state index is 10.9. The number of carboxylic acids is 1. The van der Waals surface area contributed by atoms with Gasteiger partial charge in [-0.3, -0.25) is 9.78 Å². The van der Waals surface area contributed by atoms with Crippen LogP contribution in [0.1, 0.15) is 30.2 Å². The Hall–Kier alpha value is -1.55. The number of rotatable bonds is 5. The minimum absolute atomic E-state index is 0.0865. The highest BCUT2D eigenvalue weighted by Crippen LogP contribution is 2.34. The van der Waals surface area contributed by atoms with Gasteiger partial charge in [-0.15, -0.1) is 11.8 Å². The molecule has 1 heterocycles. The van der Waals surface area contributed by atoms with Crippen LogP contribution in [0.15, 0.2) is 23.1 Å². The van der Waals surface area contributed by atoms with Gasteiger partial charge in [0.15, 0.2) is 0 Å². The van der Waals surface area contributed by atoms with Crippen LogP contribution in [0.5, 0.6) is 0 Å². The molecule has 1 aromatic heterocycles. The lowest BCUT2D eigenvalue weighted by Gasteiger charge is -2.15. The topological polar surface area (TPSA) is 50.2 Å². The number of hydrogen-bond donors (Lipinski definition) is 1. The number of carbonyl (C=O) groups is 1. The zero-order chi connectivity index (χ0) is 14.7. The number of nitrogens with zero attached hydrogens (tertiary/aromatic N) is 1. The van der Waals surface area contributed by atoms with Crippen molar-refractivity contribution in [2.45, 2.75) is 38.5 Å². The van der Waals surface area contributed by atoms with Crippen LogP contribution in [0.4, 0.5) is 0 Å². The van der Waals surface area contributed by atoms with Gasteiger partial charge >= 0.3 is 5.97 Å². The summed E-state index contributed by atoms with van der Waals surface area (Å²) in [5.41, 5.74) is 4.32. The van der Waals surface area contributed by atoms with Gasteiger partial charge in [-0.1, -0.05) is 31.5 Å². The Balaban J connectivity index is 2.65. The Labute approximate surface area is 123 Å². The fourth-order valence-electron chi connectivity index (χ4n) is 2.40. The summed E-state index contributed by atoms with van der Waals surface area (Å²) in [7, 11) is 0. The second kappa shape index (κ2) is 6.27. The van der Waals surface area contributed by atoms with Crippen molar-refractivity contribution in [2.24, 2.45) is 0 Å². The van der Waals surface area contributed by atoms with Gasteiger partial charge in [-0.05, 0) is 31.4 Å². The molecule has 0 radical (unpaired) electrons. The summed E-state index contributed by atoms with van der Waals surface area (Å²) in [6.07, 6.45) is 1.96. The number of pyridine rings is 1. The number of aromatic nitrogens is 1. The van der Waals surface area contributed by atoms with Crippen molar-refractivity contribution < 1.29 is 9.90 Å². The summed E-state index contributed by atoms with van der Waals surface area (Å²) >= 11 is 1.41. The summed E-state index contributed by atoms with van der Waals surface area (Å²) in [5.74, 6) is -0.698. The molecular formula is C16H19NO2S. The predicted octanol–water partition coefficient (Wildman–Crippen LogP) is 3.98. The first-order chi connectivity index (χ1) is 9.54. The molecule has 0 saturated carbocycles. The number of thioether (sulfide) groups is 1. The SMILES string of the molecule is CCCc1c(C)nc2c(C)cccc2c1SCC(=O)O. The fraction of sp³-hybridized carbons (Fsp3) is 0.375. The Bertz CT molecular complexity index is 652. The highest BCUT2D eigenvalue weighted by Gasteiger charge is 2.14. The molecule has 0 aliphatic heterocycles. The molecule has 0 spiro atoms. The molecule has 2 aromatic rings. The molecular weight excluding hydrogens is 270 g/mol. The van der Waals surface area contributed by atoms with Crippen LogP contribution in [0.25, 0.3) is 10.9 Å². The van der Waals surface area contributed by atoms with Gasteiger partial charge in [0.2, 0.25) is 0 Å². The van der Waals surface area contributed by atoms with E-state index in [0.29, 0.717) is 0 Å². The van der Waals surface area contributed by atoms with Gasteiger partial charge in [-0.2, -0.15) is 0 Å². The smallest absolute Gasteiger partial charge is 0.313 e. The third-order valence-corrected chi connectivity index (χ3v) is 4.46. The first-order valence-electron chi connectivity index (χ1n) is 6.78. The Morgan fingerprint density at radius 1 is 1.35 bits per heavy atom. The lowest BCUT2D eigenvalue weighted by Crippen LogP contribution is -2.03. The molecule has 0 bridgehead atoms. The first-order valence-corrected chi connectivity index (χ1v) is 7.76. The number of carboxylic acid groups (broad SMARTS) is 1. The summed E-state index contributed by atoms with van der Waals surface area (Å²) < 4.78 is 0. The minimum Gasteiger partial charge on any atom is -0.481 e. The van der Waals surface area contributed by atoms with Crippen LogP contribution in [0, 0.1) is 13.8 Å². The highest BCUT2D eigenvalue weighted by molar-refractivity contribution is 8.00. The summed E-state index contributed by atoms with van der Waals surface area (Å²) in [6.45, 7) is 6.19. The van der Waals surface area contributed by atoms with E-state index in [1.54, 1.807) is 0 Å². The minimum atomic E-state index is -0.785. The van der Waals surface area contributed by atoms with Gasteiger partial charge in [0.25, 0.3) is 0 Å². The standard InChI is InChI=1S/C16H19NO2S/c1-4-6-12-11(3)17-15-10(2)7-5-8-13(15)16(12)20-9-14(18)19/h5,7-8H,4,6,9H2,1-3H3,(H,18,19). The van der Waals surface area contributed by atoms with E-state index < -0.39 is 5.97 Å². The molecule has 0 saturated heterocycles. The molecule has 3 nitrogen and oxygen atoms in total. The number of para-hydroxylation sites is 1. The van der Waals surface area contributed by atoms with E-state index in [2.05, 4.69) is 6.92 Å². The van der Waals surface area contributed by atoms with E-state index in [-0.39, 0.29) is 5.75 Å². The number of benzene rings is 1. The molecule has 106 valence electrons. The van der Waals surface area contributed by atoms with Crippen molar-refractivity contribution in [2.75, 3.05) is 5.75 Å². The third-order valence-electron chi connectivity index (χ3n) is 3.31. The summed E-state index contributed by atoms with van der Waals surface area (Å²) in [5, 5.41) is 10.0. The van der Waals surface area contributed by atoms with Crippen molar-refractivity contribution in [3.8, 4) is 0 Å². The normalized spacial score (nSPS) is 10.9. The molecule has 0 atom stereocenters. The number of fused-ring (bicyclic) bond motifs is 1. The molecule has 20 heavy (non-hydrogen) atoms. The van der Waals surface area contributed by atoms with Gasteiger partial charge in [0, 0.05) is 16.0 Å². The van der Waals surface area contributed by atoms with Crippen LogP contribution >= 0.6 is 11.8 Å². The van der Waals surface area contributed by atoms with Crippen LogP contribution in [0.2, 0.25) is 0 Å². The second-order valence-electron chi connectivity index (χ2n) is 4.91. The quantitative estimate of drug-likeness (QED) is 0.846. The van der Waals surface area contributed by atoms with E-state index in [4.69, 9.17) is 10.1 Å². The van der Waals surface area contributed by atoms with Crippen molar-refractivity contribution in [1.82, 2.24) is 4.98 Å². The van der Waals surface area contributed by atoms with Crippen molar-refractivity contribution >= 4 is 28.6 Å². The average molecular weight is 289 g/mol. The number of hydrogen-bond acceptors (Lipinski definition) is 3. The maximum Gasteiger partial charge on any atom is 0.313 e. The third kappa shape index (κ3) is 2.96. The molecule has 0 unspecified atom stereocenters. The Morgan fingerprint density at radius 2 is 2.10 bits per heavy atom. The first kappa shape index (κ1) is 14.9. The van der Waals surface area contributed by atoms with E-state index in [1.807, 2.05) is 32.0 Å². The highest BCUT2D eigenvalue weighted by atomic mass is 32.2. The van der Waals surface area contributed by atoms with Crippen LogP contribution < -0.4 is 0 Å². The van der Waals surface area contributed by atoms with Gasteiger partial charge in [0.05, 0.1) is 11.3 Å².